The summed E-state index contributed by atoms with van der Waals surface area (Å²) in [6.07, 6.45) is 4.89. The predicted molar refractivity (Wildman–Crippen MR) is 84.6 cm³/mol. The summed E-state index contributed by atoms with van der Waals surface area (Å²) in [4.78, 5) is 12.3. The minimum Gasteiger partial charge on any atom is -0.493 e. The van der Waals surface area contributed by atoms with Gasteiger partial charge in [0.05, 0.1) is 12.2 Å². The van der Waals surface area contributed by atoms with Crippen molar-refractivity contribution in [2.75, 3.05) is 18.5 Å². The molecule has 0 unspecified atom stereocenters. The molecule has 1 aromatic rings. The molecule has 4 heteroatoms. The second-order valence-corrected chi connectivity index (χ2v) is 6.01. The summed E-state index contributed by atoms with van der Waals surface area (Å²) >= 11 is 3.60. The molecule has 0 bridgehead atoms. The summed E-state index contributed by atoms with van der Waals surface area (Å²) in [7, 11) is 0. The van der Waals surface area contributed by atoms with Gasteiger partial charge < -0.3 is 10.1 Å². The first-order valence-electron chi connectivity index (χ1n) is 7.27. The monoisotopic (exact) mass is 339 g/mol. The van der Waals surface area contributed by atoms with Crippen LogP contribution in [0.5, 0.6) is 5.75 Å². The maximum atomic E-state index is 12.3. The molecular weight excluding hydrogens is 318 g/mol. The molecule has 1 amide bonds. The average molecular weight is 340 g/mol. The van der Waals surface area contributed by atoms with Crippen molar-refractivity contribution in [2.45, 2.75) is 32.6 Å². The number of carbonyl (C=O) groups is 1. The first-order chi connectivity index (χ1) is 9.71. The third kappa shape index (κ3) is 3.54. The lowest BCUT2D eigenvalue weighted by atomic mass is 9.89. The van der Waals surface area contributed by atoms with Crippen LogP contribution in [0.4, 0.5) is 0 Å². The zero-order valence-corrected chi connectivity index (χ0v) is 13.5. The summed E-state index contributed by atoms with van der Waals surface area (Å²) in [6.45, 7) is 3.22. The zero-order chi connectivity index (χ0) is 14.4. The van der Waals surface area contributed by atoms with Gasteiger partial charge >= 0.3 is 0 Å². The predicted octanol–water partition coefficient (Wildman–Crippen LogP) is 3.77. The van der Waals surface area contributed by atoms with E-state index < -0.39 is 0 Å². The smallest absolute Gasteiger partial charge is 0.255 e. The van der Waals surface area contributed by atoms with Gasteiger partial charge in [-0.05, 0) is 37.3 Å². The van der Waals surface area contributed by atoms with Crippen LogP contribution in [-0.2, 0) is 0 Å². The molecule has 110 valence electrons. The van der Waals surface area contributed by atoms with Crippen molar-refractivity contribution in [3.8, 4) is 5.75 Å². The second-order valence-electron chi connectivity index (χ2n) is 5.45. The molecule has 1 aliphatic rings. The molecule has 0 spiro atoms. The Morgan fingerprint density at radius 1 is 1.35 bits per heavy atom. The minimum absolute atomic E-state index is 0.0405. The van der Waals surface area contributed by atoms with Crippen LogP contribution < -0.4 is 10.1 Å². The first-order valence-corrected chi connectivity index (χ1v) is 8.39. The number of benzene rings is 1. The number of carbonyl (C=O) groups excluding carboxylic acids is 1. The van der Waals surface area contributed by atoms with E-state index in [0.29, 0.717) is 17.9 Å². The third-order valence-electron chi connectivity index (χ3n) is 4.00. The highest BCUT2D eigenvalue weighted by molar-refractivity contribution is 9.09. The molecule has 1 aromatic carbocycles. The summed E-state index contributed by atoms with van der Waals surface area (Å²) in [5.41, 5.74) is 0.855. The van der Waals surface area contributed by atoms with E-state index in [-0.39, 0.29) is 11.3 Å². The quantitative estimate of drug-likeness (QED) is 0.801. The van der Waals surface area contributed by atoms with Gasteiger partial charge in [-0.2, -0.15) is 0 Å². The van der Waals surface area contributed by atoms with Gasteiger partial charge in [0.25, 0.3) is 5.91 Å². The van der Waals surface area contributed by atoms with E-state index in [1.807, 2.05) is 31.2 Å². The summed E-state index contributed by atoms with van der Waals surface area (Å²) in [5.74, 6) is 0.619. The Kier molecular flexibility index (Phi) is 5.46. The van der Waals surface area contributed by atoms with Gasteiger partial charge in [-0.15, -0.1) is 0 Å². The van der Waals surface area contributed by atoms with Crippen molar-refractivity contribution in [1.29, 1.82) is 0 Å². The van der Waals surface area contributed by atoms with Gasteiger partial charge in [0.1, 0.15) is 5.75 Å². The number of rotatable bonds is 6. The average Bonchev–Trinajstić information content (AvgIpc) is 2.95. The molecular formula is C16H22BrNO2. The first kappa shape index (κ1) is 15.4. The van der Waals surface area contributed by atoms with E-state index in [2.05, 4.69) is 21.2 Å². The number of ether oxygens (including phenoxy) is 1. The Morgan fingerprint density at radius 3 is 2.70 bits per heavy atom. The van der Waals surface area contributed by atoms with Gasteiger partial charge in [-0.25, -0.2) is 0 Å². The lowest BCUT2D eigenvalue weighted by Gasteiger charge is -2.26. The highest BCUT2D eigenvalue weighted by Gasteiger charge is 2.33. The van der Waals surface area contributed by atoms with Crippen molar-refractivity contribution in [3.63, 3.8) is 0 Å². The van der Waals surface area contributed by atoms with Crippen LogP contribution in [0.2, 0.25) is 0 Å². The van der Waals surface area contributed by atoms with E-state index in [9.17, 15) is 4.79 Å². The highest BCUT2D eigenvalue weighted by atomic mass is 79.9. The fourth-order valence-electron chi connectivity index (χ4n) is 2.78. The number of nitrogens with one attached hydrogen (secondary N) is 1. The lowest BCUT2D eigenvalue weighted by molar-refractivity contribution is 0.0931. The molecule has 0 radical (unpaired) electrons. The van der Waals surface area contributed by atoms with E-state index in [1.165, 1.54) is 25.7 Å². The maximum Gasteiger partial charge on any atom is 0.255 e. The summed E-state index contributed by atoms with van der Waals surface area (Å²) in [6, 6.07) is 7.41. The molecule has 20 heavy (non-hydrogen) atoms. The van der Waals surface area contributed by atoms with Crippen LogP contribution in [0.25, 0.3) is 0 Å². The standard InChI is InChI=1S/C16H22BrNO2/c1-2-20-14-8-4-3-7-13(14)15(19)18-12-16(11-17)9-5-6-10-16/h3-4,7-8H,2,5-6,9-12H2,1H3,(H,18,19). The molecule has 0 atom stereocenters. The number of alkyl halides is 1. The van der Waals surface area contributed by atoms with E-state index >= 15 is 0 Å². The molecule has 1 N–H and O–H groups in total. The highest BCUT2D eigenvalue weighted by Crippen LogP contribution is 2.39. The van der Waals surface area contributed by atoms with Gasteiger partial charge in [-0.1, -0.05) is 40.9 Å². The van der Waals surface area contributed by atoms with Crippen LogP contribution in [0.15, 0.2) is 24.3 Å². The van der Waals surface area contributed by atoms with Gasteiger partial charge in [0, 0.05) is 11.9 Å². The largest absolute Gasteiger partial charge is 0.493 e. The van der Waals surface area contributed by atoms with Crippen molar-refractivity contribution >= 4 is 21.8 Å². The molecule has 0 saturated heterocycles. The van der Waals surface area contributed by atoms with E-state index in [1.54, 1.807) is 0 Å². The van der Waals surface area contributed by atoms with Crippen LogP contribution in [0.1, 0.15) is 43.0 Å². The van der Waals surface area contributed by atoms with Gasteiger partial charge in [0.2, 0.25) is 0 Å². The zero-order valence-electron chi connectivity index (χ0n) is 12.0. The van der Waals surface area contributed by atoms with E-state index in [4.69, 9.17) is 4.74 Å². The maximum absolute atomic E-state index is 12.3. The molecule has 0 heterocycles. The Bertz CT molecular complexity index is 456. The molecule has 1 saturated carbocycles. The van der Waals surface area contributed by atoms with Crippen LogP contribution in [-0.4, -0.2) is 24.4 Å². The fourth-order valence-corrected chi connectivity index (χ4v) is 3.54. The molecule has 0 aliphatic heterocycles. The normalized spacial score (nSPS) is 16.9. The number of halogens is 1. The fraction of sp³-hybridized carbons (Fsp3) is 0.562. The number of hydrogen-bond acceptors (Lipinski definition) is 2. The van der Waals surface area contributed by atoms with E-state index in [0.717, 1.165) is 11.9 Å². The SMILES string of the molecule is CCOc1ccccc1C(=O)NCC1(CBr)CCCC1. The Hall–Kier alpha value is -1.03. The summed E-state index contributed by atoms with van der Waals surface area (Å²) < 4.78 is 5.51. The van der Waals surface area contributed by atoms with Crippen molar-refractivity contribution in [3.05, 3.63) is 29.8 Å². The van der Waals surface area contributed by atoms with Crippen LogP contribution >= 0.6 is 15.9 Å². The number of para-hydroxylation sites is 1. The van der Waals surface area contributed by atoms with Gasteiger partial charge in [-0.3, -0.25) is 4.79 Å². The van der Waals surface area contributed by atoms with Crippen molar-refractivity contribution in [2.24, 2.45) is 5.41 Å². The molecule has 0 aromatic heterocycles. The third-order valence-corrected chi connectivity index (χ3v) is 5.19. The second kappa shape index (κ2) is 7.11. The Balaban J connectivity index is 2.01. The molecule has 2 rings (SSSR count). The Morgan fingerprint density at radius 2 is 2.05 bits per heavy atom. The van der Waals surface area contributed by atoms with Crippen molar-refractivity contribution in [1.82, 2.24) is 5.32 Å². The lowest BCUT2D eigenvalue weighted by Crippen LogP contribution is -2.37. The summed E-state index contributed by atoms with van der Waals surface area (Å²) in [5, 5.41) is 4.03. The number of amides is 1. The number of hydrogen-bond donors (Lipinski definition) is 1. The topological polar surface area (TPSA) is 38.3 Å². The molecule has 1 aliphatic carbocycles. The minimum atomic E-state index is -0.0405. The van der Waals surface area contributed by atoms with Crippen molar-refractivity contribution < 1.29 is 9.53 Å². The van der Waals surface area contributed by atoms with Crippen LogP contribution in [0.3, 0.4) is 0 Å². The molecule has 1 fully saturated rings. The van der Waals surface area contributed by atoms with Crippen LogP contribution in [0, 0.1) is 5.41 Å². The van der Waals surface area contributed by atoms with Gasteiger partial charge in [0.15, 0.2) is 0 Å². The molecule has 3 nitrogen and oxygen atoms in total. The Labute approximate surface area is 129 Å².